The number of hydrogen-bond donors (Lipinski definition) is 1. The van der Waals surface area contributed by atoms with Gasteiger partial charge in [-0.2, -0.15) is 0 Å². The first-order chi connectivity index (χ1) is 18.2. The summed E-state index contributed by atoms with van der Waals surface area (Å²) in [6.07, 6.45) is 4.75. The molecule has 1 amide bonds. The van der Waals surface area contributed by atoms with Crippen LogP contribution in [-0.2, 0) is 30.6 Å². The van der Waals surface area contributed by atoms with Gasteiger partial charge in [-0.1, -0.05) is 75.7 Å². The van der Waals surface area contributed by atoms with E-state index in [1.54, 1.807) is 6.07 Å². The molecule has 0 unspecified atom stereocenters. The van der Waals surface area contributed by atoms with E-state index in [0.29, 0.717) is 17.9 Å². The number of rotatable bonds is 11. The van der Waals surface area contributed by atoms with Crippen LogP contribution in [-0.4, -0.2) is 34.0 Å². The number of hydrogen-bond acceptors (Lipinski definition) is 3. The van der Waals surface area contributed by atoms with Crippen LogP contribution >= 0.6 is 0 Å². The van der Waals surface area contributed by atoms with Gasteiger partial charge in [-0.15, -0.1) is 0 Å². The molecule has 1 N–H and O–H groups in total. The van der Waals surface area contributed by atoms with Gasteiger partial charge in [0.1, 0.15) is 17.9 Å². The second-order valence-corrected chi connectivity index (χ2v) is 11.1. The van der Waals surface area contributed by atoms with Gasteiger partial charge in [-0.05, 0) is 71.7 Å². The van der Waals surface area contributed by atoms with Crippen LogP contribution in [0.3, 0.4) is 0 Å². The highest BCUT2D eigenvalue weighted by Crippen LogP contribution is 2.38. The second-order valence-electron chi connectivity index (χ2n) is 11.1. The quantitative estimate of drug-likeness (QED) is 0.306. The van der Waals surface area contributed by atoms with E-state index in [1.165, 1.54) is 21.6 Å². The fourth-order valence-electron chi connectivity index (χ4n) is 5.16. The highest BCUT2D eigenvalue weighted by Gasteiger charge is 2.35. The maximum Gasteiger partial charge on any atom is 0.323 e. The third-order valence-electron chi connectivity index (χ3n) is 7.28. The van der Waals surface area contributed by atoms with Crippen LogP contribution in [0.25, 0.3) is 0 Å². The fraction of sp³-hybridized carbons (Fsp3) is 0.394. The van der Waals surface area contributed by atoms with Gasteiger partial charge in [0.05, 0.1) is 0 Å². The van der Waals surface area contributed by atoms with E-state index in [9.17, 15) is 14.7 Å². The molecule has 1 aliphatic rings. The fourth-order valence-corrected chi connectivity index (χ4v) is 5.16. The van der Waals surface area contributed by atoms with Gasteiger partial charge in [0.15, 0.2) is 0 Å². The number of benzene rings is 3. The molecule has 3 aromatic rings. The van der Waals surface area contributed by atoms with Gasteiger partial charge in [0.25, 0.3) is 5.91 Å². The zero-order valence-electron chi connectivity index (χ0n) is 23.0. The van der Waals surface area contributed by atoms with E-state index in [-0.39, 0.29) is 19.0 Å². The number of carbonyl (C=O) groups is 2. The minimum Gasteiger partial charge on any atom is -0.487 e. The summed E-state index contributed by atoms with van der Waals surface area (Å²) in [6, 6.07) is 22.3. The van der Waals surface area contributed by atoms with Gasteiger partial charge in [0.2, 0.25) is 0 Å². The number of nitrogens with zero attached hydrogens (tertiary/aromatic N) is 1. The summed E-state index contributed by atoms with van der Waals surface area (Å²) < 4.78 is 6.35. The molecule has 0 saturated heterocycles. The Morgan fingerprint density at radius 1 is 0.974 bits per heavy atom. The Labute approximate surface area is 226 Å². The molecule has 38 heavy (non-hydrogen) atoms. The Morgan fingerprint density at radius 3 is 2.26 bits per heavy atom. The Morgan fingerprint density at radius 2 is 1.63 bits per heavy atom. The molecule has 0 bridgehead atoms. The highest BCUT2D eigenvalue weighted by atomic mass is 16.5. The summed E-state index contributed by atoms with van der Waals surface area (Å²) in [5, 5.41) is 9.50. The zero-order valence-corrected chi connectivity index (χ0v) is 23.0. The van der Waals surface area contributed by atoms with Crippen molar-refractivity contribution in [2.24, 2.45) is 0 Å². The molecular formula is C33H39NO4. The molecule has 0 aromatic heterocycles. The number of unbranched alkanes of at least 4 members (excludes halogenated alkanes) is 1. The van der Waals surface area contributed by atoms with Crippen molar-refractivity contribution in [1.82, 2.24) is 4.90 Å². The molecule has 0 saturated carbocycles. The maximum atomic E-state index is 13.5. The van der Waals surface area contributed by atoms with E-state index in [2.05, 4.69) is 64.1 Å². The summed E-state index contributed by atoms with van der Waals surface area (Å²) in [5.74, 6) is -0.0367. The first-order valence-electron chi connectivity index (χ1n) is 13.7. The van der Waals surface area contributed by atoms with Crippen LogP contribution in [0.2, 0.25) is 0 Å². The normalized spacial score (nSPS) is 16.2. The van der Waals surface area contributed by atoms with Crippen LogP contribution in [0.5, 0.6) is 5.75 Å². The van der Waals surface area contributed by atoms with Crippen molar-refractivity contribution in [3.8, 4) is 5.75 Å². The Bertz CT molecular complexity index is 1260. The van der Waals surface area contributed by atoms with Crippen molar-refractivity contribution < 1.29 is 19.4 Å². The summed E-state index contributed by atoms with van der Waals surface area (Å²) in [4.78, 5) is 26.5. The maximum absolute atomic E-state index is 13.5. The summed E-state index contributed by atoms with van der Waals surface area (Å²) >= 11 is 0. The Hall–Kier alpha value is -3.60. The van der Waals surface area contributed by atoms with Gasteiger partial charge in [-0.25, -0.2) is 0 Å². The van der Waals surface area contributed by atoms with Crippen molar-refractivity contribution in [1.29, 1.82) is 0 Å². The molecule has 5 nitrogen and oxygen atoms in total. The predicted molar refractivity (Wildman–Crippen MR) is 151 cm³/mol. The van der Waals surface area contributed by atoms with Gasteiger partial charge < -0.3 is 14.7 Å². The molecule has 1 atom stereocenters. The molecule has 5 heteroatoms. The Balaban J connectivity index is 1.47. The minimum atomic E-state index is -1.03. The largest absolute Gasteiger partial charge is 0.487 e. The van der Waals surface area contributed by atoms with Crippen molar-refractivity contribution in [3.63, 3.8) is 0 Å². The first kappa shape index (κ1) is 27.4. The highest BCUT2D eigenvalue weighted by molar-refractivity contribution is 5.96. The van der Waals surface area contributed by atoms with Crippen molar-refractivity contribution >= 4 is 11.9 Å². The summed E-state index contributed by atoms with van der Waals surface area (Å²) in [7, 11) is 0. The van der Waals surface area contributed by atoms with Crippen LogP contribution in [0.15, 0.2) is 66.7 Å². The zero-order chi connectivity index (χ0) is 27.3. The molecule has 1 aliphatic heterocycles. The molecule has 0 spiro atoms. The standard InChI is InChI=1S/C33H39NO4/c1-5-6-7-24-8-10-26(11-9-24)21-34(22-31(35)36)32(37)28-16-17-30-29(18-28)20-33(4,38-30)19-25-12-14-27(15-13-25)23(2)3/h8-18,23H,5-7,19-22H2,1-4H3,(H,35,36)/t33-/m0/s1. The van der Waals surface area contributed by atoms with Crippen molar-refractivity contribution in [2.45, 2.75) is 77.9 Å². The third kappa shape index (κ3) is 6.83. The van der Waals surface area contributed by atoms with Gasteiger partial charge in [-0.3, -0.25) is 9.59 Å². The predicted octanol–water partition coefficient (Wildman–Crippen LogP) is 6.82. The van der Waals surface area contributed by atoms with E-state index in [4.69, 9.17) is 4.74 Å². The second kappa shape index (κ2) is 11.8. The lowest BCUT2D eigenvalue weighted by atomic mass is 9.90. The van der Waals surface area contributed by atoms with Gasteiger partial charge >= 0.3 is 5.97 Å². The number of ether oxygens (including phenoxy) is 1. The third-order valence-corrected chi connectivity index (χ3v) is 7.28. The van der Waals surface area contributed by atoms with Crippen LogP contribution < -0.4 is 4.74 Å². The van der Waals surface area contributed by atoms with E-state index >= 15 is 0 Å². The molecular weight excluding hydrogens is 474 g/mol. The molecule has 200 valence electrons. The van der Waals surface area contributed by atoms with Crippen molar-refractivity contribution in [3.05, 3.63) is 100 Å². The number of fused-ring (bicyclic) bond motifs is 1. The average molecular weight is 514 g/mol. The number of aliphatic carboxylic acids is 1. The number of amides is 1. The van der Waals surface area contributed by atoms with Crippen LogP contribution in [0.1, 0.15) is 84.6 Å². The number of carboxylic acid groups (broad SMARTS) is 1. The lowest BCUT2D eigenvalue weighted by molar-refractivity contribution is -0.137. The van der Waals surface area contributed by atoms with Crippen LogP contribution in [0, 0.1) is 0 Å². The number of aryl methyl sites for hydroxylation is 1. The molecule has 1 heterocycles. The molecule has 0 radical (unpaired) electrons. The van der Waals surface area contributed by atoms with Gasteiger partial charge in [0, 0.05) is 24.9 Å². The smallest absolute Gasteiger partial charge is 0.323 e. The van der Waals surface area contributed by atoms with E-state index in [1.807, 2.05) is 24.3 Å². The lowest BCUT2D eigenvalue weighted by Crippen LogP contribution is -2.35. The molecule has 0 aliphatic carbocycles. The SMILES string of the molecule is CCCCc1ccc(CN(CC(=O)O)C(=O)c2ccc3c(c2)C[C@](C)(Cc2ccc(C(C)C)cc2)O3)cc1. The molecule has 4 rings (SSSR count). The van der Waals surface area contributed by atoms with E-state index < -0.39 is 11.6 Å². The van der Waals surface area contributed by atoms with Crippen LogP contribution in [0.4, 0.5) is 0 Å². The first-order valence-corrected chi connectivity index (χ1v) is 13.7. The number of carboxylic acids is 1. The van der Waals surface area contributed by atoms with Crippen molar-refractivity contribution in [2.75, 3.05) is 6.54 Å². The molecule has 3 aromatic carbocycles. The Kier molecular flexibility index (Phi) is 8.55. The summed E-state index contributed by atoms with van der Waals surface area (Å²) in [6.45, 7) is 8.54. The molecule has 0 fully saturated rings. The summed E-state index contributed by atoms with van der Waals surface area (Å²) in [5.41, 5.74) is 5.77. The van der Waals surface area contributed by atoms with E-state index in [0.717, 1.165) is 42.6 Å². The minimum absolute atomic E-state index is 0.247. The monoisotopic (exact) mass is 513 g/mol. The number of carbonyl (C=O) groups excluding carboxylic acids is 1. The lowest BCUT2D eigenvalue weighted by Gasteiger charge is -2.24. The average Bonchev–Trinajstić information content (AvgIpc) is 3.22. The topological polar surface area (TPSA) is 66.8 Å².